The fourth-order valence-corrected chi connectivity index (χ4v) is 3.52. The molecule has 150 valence electrons. The second-order valence-electron chi connectivity index (χ2n) is 6.03. The predicted molar refractivity (Wildman–Crippen MR) is 103 cm³/mol. The summed E-state index contributed by atoms with van der Waals surface area (Å²) in [5.74, 6) is -1.88. The van der Waals surface area contributed by atoms with Crippen molar-refractivity contribution < 1.29 is 22.4 Å². The number of amides is 2. The van der Waals surface area contributed by atoms with E-state index in [1.165, 1.54) is 24.3 Å². The highest BCUT2D eigenvalue weighted by Crippen LogP contribution is 2.20. The van der Waals surface area contributed by atoms with Crippen LogP contribution in [0, 0.1) is 12.7 Å². The van der Waals surface area contributed by atoms with Crippen LogP contribution in [0.4, 0.5) is 15.8 Å². The standard InChI is InChI=1S/C18H16FN5O4S/c1-10-15(16(17(20)25)23-22-10)21-18(26)11-2-6-13(7-3-11)24-29(27,28)14-8-4-12(19)5-9-14/h2-9,24H,1H3,(H2,20,25)(H,21,26)(H,22,23). The number of hydrogen-bond donors (Lipinski definition) is 4. The van der Waals surface area contributed by atoms with Crippen LogP contribution < -0.4 is 15.8 Å². The SMILES string of the molecule is Cc1[nH]nc(C(N)=O)c1NC(=O)c1ccc(NS(=O)(=O)c2ccc(F)cc2)cc1. The second kappa shape index (κ2) is 7.72. The lowest BCUT2D eigenvalue weighted by Gasteiger charge is -2.09. The summed E-state index contributed by atoms with van der Waals surface area (Å²) in [4.78, 5) is 23.7. The summed E-state index contributed by atoms with van der Waals surface area (Å²) in [6.45, 7) is 1.61. The summed E-state index contributed by atoms with van der Waals surface area (Å²) >= 11 is 0. The van der Waals surface area contributed by atoms with Crippen molar-refractivity contribution in [2.75, 3.05) is 10.0 Å². The van der Waals surface area contributed by atoms with Gasteiger partial charge in [0.15, 0.2) is 5.69 Å². The minimum atomic E-state index is -3.91. The van der Waals surface area contributed by atoms with E-state index in [2.05, 4.69) is 20.2 Å². The number of H-pyrrole nitrogens is 1. The summed E-state index contributed by atoms with van der Waals surface area (Å²) in [5.41, 5.74) is 6.17. The molecule has 11 heteroatoms. The van der Waals surface area contributed by atoms with Crippen LogP contribution >= 0.6 is 0 Å². The molecular formula is C18H16FN5O4S. The molecule has 0 aliphatic rings. The van der Waals surface area contributed by atoms with E-state index in [0.717, 1.165) is 24.3 Å². The van der Waals surface area contributed by atoms with Crippen molar-refractivity contribution in [2.24, 2.45) is 5.73 Å². The number of carbonyl (C=O) groups is 2. The molecule has 0 fully saturated rings. The van der Waals surface area contributed by atoms with Crippen molar-refractivity contribution in [3.63, 3.8) is 0 Å². The van der Waals surface area contributed by atoms with Gasteiger partial charge in [-0.15, -0.1) is 0 Å². The van der Waals surface area contributed by atoms with Crippen LogP contribution in [0.5, 0.6) is 0 Å². The molecule has 3 aromatic rings. The van der Waals surface area contributed by atoms with Gasteiger partial charge >= 0.3 is 0 Å². The molecule has 9 nitrogen and oxygen atoms in total. The van der Waals surface area contributed by atoms with E-state index < -0.39 is 27.7 Å². The molecule has 0 spiro atoms. The maximum Gasteiger partial charge on any atom is 0.271 e. The van der Waals surface area contributed by atoms with E-state index in [1.807, 2.05) is 0 Å². The number of carbonyl (C=O) groups excluding carboxylic acids is 2. The lowest BCUT2D eigenvalue weighted by molar-refractivity contribution is 0.0996. The molecule has 3 rings (SSSR count). The largest absolute Gasteiger partial charge is 0.364 e. The summed E-state index contributed by atoms with van der Waals surface area (Å²) < 4.78 is 39.9. The van der Waals surface area contributed by atoms with Gasteiger partial charge in [0.05, 0.1) is 16.3 Å². The van der Waals surface area contributed by atoms with E-state index in [-0.39, 0.29) is 27.5 Å². The Labute approximate surface area is 165 Å². The van der Waals surface area contributed by atoms with E-state index in [1.54, 1.807) is 6.92 Å². The monoisotopic (exact) mass is 417 g/mol. The van der Waals surface area contributed by atoms with E-state index in [9.17, 15) is 22.4 Å². The smallest absolute Gasteiger partial charge is 0.271 e. The Kier molecular flexibility index (Phi) is 5.33. The van der Waals surface area contributed by atoms with Gasteiger partial charge in [-0.05, 0) is 55.5 Å². The maximum absolute atomic E-state index is 13.0. The van der Waals surface area contributed by atoms with Gasteiger partial charge < -0.3 is 11.1 Å². The molecule has 0 aliphatic carbocycles. The molecule has 2 amide bonds. The van der Waals surface area contributed by atoms with Gasteiger partial charge in [-0.1, -0.05) is 0 Å². The summed E-state index contributed by atoms with van der Waals surface area (Å²) in [6.07, 6.45) is 0. The van der Waals surface area contributed by atoms with E-state index >= 15 is 0 Å². The number of nitrogens with one attached hydrogen (secondary N) is 3. The highest BCUT2D eigenvalue weighted by Gasteiger charge is 2.19. The number of nitrogens with zero attached hydrogens (tertiary/aromatic N) is 1. The molecule has 1 aromatic heterocycles. The normalized spacial score (nSPS) is 11.1. The number of hydrogen-bond acceptors (Lipinski definition) is 5. The molecule has 0 saturated carbocycles. The highest BCUT2D eigenvalue weighted by atomic mass is 32.2. The van der Waals surface area contributed by atoms with Crippen LogP contribution in [0.3, 0.4) is 0 Å². The predicted octanol–water partition coefficient (Wildman–Crippen LogP) is 2.01. The summed E-state index contributed by atoms with van der Waals surface area (Å²) in [7, 11) is -3.91. The molecule has 5 N–H and O–H groups in total. The number of aryl methyl sites for hydroxylation is 1. The van der Waals surface area contributed by atoms with Gasteiger partial charge in [-0.3, -0.25) is 19.4 Å². The van der Waals surface area contributed by atoms with Gasteiger partial charge in [0.25, 0.3) is 21.8 Å². The molecule has 2 aromatic carbocycles. The molecule has 0 radical (unpaired) electrons. The lowest BCUT2D eigenvalue weighted by atomic mass is 10.2. The van der Waals surface area contributed by atoms with Gasteiger partial charge in [0, 0.05) is 11.3 Å². The first-order chi connectivity index (χ1) is 13.7. The molecule has 0 bridgehead atoms. The van der Waals surface area contributed by atoms with Crippen molar-refractivity contribution in [1.82, 2.24) is 10.2 Å². The average Bonchev–Trinajstić information content (AvgIpc) is 3.03. The minimum absolute atomic E-state index is 0.0977. The zero-order valence-electron chi connectivity index (χ0n) is 15.1. The quantitative estimate of drug-likeness (QED) is 0.484. The van der Waals surface area contributed by atoms with Crippen molar-refractivity contribution in [3.05, 3.63) is 71.3 Å². The van der Waals surface area contributed by atoms with Crippen LogP contribution in [0.25, 0.3) is 0 Å². The minimum Gasteiger partial charge on any atom is -0.364 e. The first-order valence-electron chi connectivity index (χ1n) is 8.22. The third kappa shape index (κ3) is 4.41. The van der Waals surface area contributed by atoms with Crippen molar-refractivity contribution in [1.29, 1.82) is 0 Å². The third-order valence-corrected chi connectivity index (χ3v) is 5.34. The van der Waals surface area contributed by atoms with Gasteiger partial charge in [-0.2, -0.15) is 5.10 Å². The van der Waals surface area contributed by atoms with E-state index in [4.69, 9.17) is 5.73 Å². The lowest BCUT2D eigenvalue weighted by Crippen LogP contribution is -2.18. The van der Waals surface area contributed by atoms with Crippen molar-refractivity contribution in [3.8, 4) is 0 Å². The Hall–Kier alpha value is -3.73. The van der Waals surface area contributed by atoms with Gasteiger partial charge in [0.2, 0.25) is 0 Å². The molecule has 29 heavy (non-hydrogen) atoms. The number of primary amides is 1. The average molecular weight is 417 g/mol. The van der Waals surface area contributed by atoms with Crippen LogP contribution in [0.2, 0.25) is 0 Å². The third-order valence-electron chi connectivity index (χ3n) is 3.94. The number of aromatic nitrogens is 2. The van der Waals surface area contributed by atoms with Crippen LogP contribution in [-0.4, -0.2) is 30.4 Å². The van der Waals surface area contributed by atoms with Crippen LogP contribution in [0.15, 0.2) is 53.4 Å². The molecule has 1 heterocycles. The second-order valence-corrected chi connectivity index (χ2v) is 7.71. The van der Waals surface area contributed by atoms with Crippen molar-refractivity contribution >= 4 is 33.2 Å². The fourth-order valence-electron chi connectivity index (χ4n) is 2.46. The topological polar surface area (TPSA) is 147 Å². The zero-order chi connectivity index (χ0) is 21.2. The molecule has 0 saturated heterocycles. The fraction of sp³-hybridized carbons (Fsp3) is 0.0556. The van der Waals surface area contributed by atoms with E-state index in [0.29, 0.717) is 5.69 Å². The van der Waals surface area contributed by atoms with Gasteiger partial charge in [0.1, 0.15) is 5.82 Å². The van der Waals surface area contributed by atoms with Crippen molar-refractivity contribution in [2.45, 2.75) is 11.8 Å². The number of sulfonamides is 1. The Bertz CT molecular complexity index is 1170. The Morgan fingerprint density at radius 2 is 1.69 bits per heavy atom. The van der Waals surface area contributed by atoms with Crippen LogP contribution in [-0.2, 0) is 10.0 Å². The molecular weight excluding hydrogens is 401 g/mol. The Morgan fingerprint density at radius 3 is 2.28 bits per heavy atom. The number of nitrogens with two attached hydrogens (primary N) is 1. The first kappa shape index (κ1) is 20.0. The Balaban J connectivity index is 1.75. The zero-order valence-corrected chi connectivity index (χ0v) is 15.9. The highest BCUT2D eigenvalue weighted by molar-refractivity contribution is 7.92. The molecule has 0 unspecified atom stereocenters. The Morgan fingerprint density at radius 1 is 1.07 bits per heavy atom. The van der Waals surface area contributed by atoms with Crippen LogP contribution in [0.1, 0.15) is 26.5 Å². The molecule has 0 aliphatic heterocycles. The summed E-state index contributed by atoms with van der Waals surface area (Å²) in [6, 6.07) is 9.96. The number of benzene rings is 2. The number of halogens is 1. The molecule has 0 atom stereocenters. The number of anilines is 2. The maximum atomic E-state index is 13.0. The van der Waals surface area contributed by atoms with Gasteiger partial charge in [-0.25, -0.2) is 12.8 Å². The number of aromatic amines is 1. The summed E-state index contributed by atoms with van der Waals surface area (Å²) in [5, 5.41) is 8.85. The first-order valence-corrected chi connectivity index (χ1v) is 9.70. The number of rotatable bonds is 6.